The van der Waals surface area contributed by atoms with E-state index in [0.29, 0.717) is 13.2 Å². The molecule has 0 aliphatic rings. The second-order valence-electron chi connectivity index (χ2n) is 6.34. The van der Waals surface area contributed by atoms with Crippen molar-refractivity contribution in [1.29, 1.82) is 0 Å². The fourth-order valence-corrected chi connectivity index (χ4v) is 2.54. The van der Waals surface area contributed by atoms with Crippen molar-refractivity contribution in [3.05, 3.63) is 95.8 Å². The molecule has 0 saturated carbocycles. The van der Waals surface area contributed by atoms with E-state index < -0.39 is 5.97 Å². The molecule has 0 saturated heterocycles. The van der Waals surface area contributed by atoms with Crippen LogP contribution < -0.4 is 9.47 Å². The Morgan fingerprint density at radius 3 is 2.55 bits per heavy atom. The van der Waals surface area contributed by atoms with E-state index in [-0.39, 0.29) is 6.61 Å². The summed E-state index contributed by atoms with van der Waals surface area (Å²) >= 11 is 0. The first-order valence-corrected chi connectivity index (χ1v) is 9.36. The van der Waals surface area contributed by atoms with Gasteiger partial charge in [0.1, 0.15) is 31.3 Å². The zero-order chi connectivity index (χ0) is 20.3. The molecule has 3 aromatic rings. The summed E-state index contributed by atoms with van der Waals surface area (Å²) in [5, 5.41) is 0. The van der Waals surface area contributed by atoms with E-state index in [1.54, 1.807) is 12.3 Å². The molecule has 5 nitrogen and oxygen atoms in total. The van der Waals surface area contributed by atoms with Crippen molar-refractivity contribution < 1.29 is 19.0 Å². The third-order valence-corrected chi connectivity index (χ3v) is 3.99. The quantitative estimate of drug-likeness (QED) is 0.304. The Balaban J connectivity index is 1.38. The predicted molar refractivity (Wildman–Crippen MR) is 112 cm³/mol. The first kappa shape index (κ1) is 20.1. The maximum absolute atomic E-state index is 11.8. The summed E-state index contributed by atoms with van der Waals surface area (Å²) in [7, 11) is 0. The third kappa shape index (κ3) is 7.14. The van der Waals surface area contributed by atoms with Crippen LogP contribution in [-0.4, -0.2) is 24.2 Å². The largest absolute Gasteiger partial charge is 0.490 e. The van der Waals surface area contributed by atoms with E-state index >= 15 is 0 Å². The Kier molecular flexibility index (Phi) is 7.41. The molecule has 1 heterocycles. The van der Waals surface area contributed by atoms with Gasteiger partial charge in [-0.2, -0.15) is 0 Å². The van der Waals surface area contributed by atoms with Crippen LogP contribution in [0.3, 0.4) is 0 Å². The van der Waals surface area contributed by atoms with E-state index in [0.717, 1.165) is 28.3 Å². The first-order chi connectivity index (χ1) is 14.2. The number of aryl methyl sites for hydroxylation is 1. The molecule has 0 fully saturated rings. The molecule has 2 aromatic carbocycles. The van der Waals surface area contributed by atoms with Gasteiger partial charge < -0.3 is 14.2 Å². The van der Waals surface area contributed by atoms with Gasteiger partial charge in [0.15, 0.2) is 0 Å². The van der Waals surface area contributed by atoms with Gasteiger partial charge in [0.25, 0.3) is 0 Å². The summed E-state index contributed by atoms with van der Waals surface area (Å²) in [5.74, 6) is 1.10. The minimum atomic E-state index is -0.409. The van der Waals surface area contributed by atoms with E-state index in [4.69, 9.17) is 14.2 Å². The number of nitrogens with zero attached hydrogens (tertiary/aromatic N) is 1. The van der Waals surface area contributed by atoms with Crippen molar-refractivity contribution in [3.63, 3.8) is 0 Å². The van der Waals surface area contributed by atoms with E-state index in [1.807, 2.05) is 73.7 Å². The van der Waals surface area contributed by atoms with Crippen LogP contribution in [0.25, 0.3) is 6.08 Å². The standard InChI is InChI=1S/C24H23NO4/c1-19-5-4-7-23(17-19)27-15-16-28-24(26)13-10-20-8-11-22(12-9-20)29-18-21-6-2-3-14-25-21/h2-14,17H,15-16,18H2,1H3/b13-10+. The normalized spacial score (nSPS) is 10.7. The van der Waals surface area contributed by atoms with Crippen LogP contribution >= 0.6 is 0 Å². The van der Waals surface area contributed by atoms with Crippen molar-refractivity contribution >= 4 is 12.0 Å². The molecule has 0 spiro atoms. The summed E-state index contributed by atoms with van der Waals surface area (Å²) in [5.41, 5.74) is 2.87. The molecule has 3 rings (SSSR count). The number of aromatic nitrogens is 1. The Morgan fingerprint density at radius 2 is 1.79 bits per heavy atom. The number of rotatable bonds is 9. The summed E-state index contributed by atoms with van der Waals surface area (Å²) in [4.78, 5) is 16.0. The second kappa shape index (κ2) is 10.7. The monoisotopic (exact) mass is 389 g/mol. The lowest BCUT2D eigenvalue weighted by Crippen LogP contribution is -2.10. The van der Waals surface area contributed by atoms with Gasteiger partial charge >= 0.3 is 5.97 Å². The molecule has 0 unspecified atom stereocenters. The van der Waals surface area contributed by atoms with Crippen LogP contribution in [-0.2, 0) is 16.1 Å². The maximum Gasteiger partial charge on any atom is 0.330 e. The number of esters is 1. The fraction of sp³-hybridized carbons (Fsp3) is 0.167. The number of carbonyl (C=O) groups excluding carboxylic acids is 1. The molecule has 0 radical (unpaired) electrons. The average molecular weight is 389 g/mol. The summed E-state index contributed by atoms with van der Waals surface area (Å²) in [6, 6.07) is 20.9. The summed E-state index contributed by atoms with van der Waals surface area (Å²) in [6.07, 6.45) is 4.84. The van der Waals surface area contributed by atoms with Crippen molar-refractivity contribution in [2.75, 3.05) is 13.2 Å². The Hall–Kier alpha value is -3.60. The third-order valence-electron chi connectivity index (χ3n) is 3.99. The van der Waals surface area contributed by atoms with Gasteiger partial charge in [0, 0.05) is 12.3 Å². The van der Waals surface area contributed by atoms with Gasteiger partial charge in [-0.05, 0) is 60.5 Å². The topological polar surface area (TPSA) is 57.7 Å². The van der Waals surface area contributed by atoms with Crippen LogP contribution in [0.2, 0.25) is 0 Å². The minimum absolute atomic E-state index is 0.192. The van der Waals surface area contributed by atoms with E-state index in [9.17, 15) is 4.79 Å². The van der Waals surface area contributed by atoms with Gasteiger partial charge in [-0.25, -0.2) is 4.79 Å². The summed E-state index contributed by atoms with van der Waals surface area (Å²) in [6.45, 7) is 2.91. The number of hydrogen-bond acceptors (Lipinski definition) is 5. The number of pyridine rings is 1. The van der Waals surface area contributed by atoms with Crippen LogP contribution in [0.15, 0.2) is 79.0 Å². The lowest BCUT2D eigenvalue weighted by Gasteiger charge is -2.07. The molecule has 0 amide bonds. The molecule has 0 aliphatic carbocycles. The predicted octanol–water partition coefficient (Wildman–Crippen LogP) is 4.60. The molecule has 1 aromatic heterocycles. The van der Waals surface area contributed by atoms with Gasteiger partial charge in [-0.3, -0.25) is 4.98 Å². The number of carbonyl (C=O) groups is 1. The Labute approximate surface area is 170 Å². The fourth-order valence-electron chi connectivity index (χ4n) is 2.54. The first-order valence-electron chi connectivity index (χ1n) is 9.36. The second-order valence-corrected chi connectivity index (χ2v) is 6.34. The highest BCUT2D eigenvalue weighted by molar-refractivity contribution is 5.87. The minimum Gasteiger partial charge on any atom is -0.490 e. The molecule has 0 aliphatic heterocycles. The Morgan fingerprint density at radius 1 is 0.931 bits per heavy atom. The Bertz CT molecular complexity index is 937. The number of hydrogen-bond donors (Lipinski definition) is 0. The summed E-state index contributed by atoms with van der Waals surface area (Å²) < 4.78 is 16.4. The van der Waals surface area contributed by atoms with Crippen LogP contribution in [0.5, 0.6) is 11.5 Å². The zero-order valence-corrected chi connectivity index (χ0v) is 16.3. The highest BCUT2D eigenvalue weighted by Crippen LogP contribution is 2.15. The maximum atomic E-state index is 11.8. The molecule has 5 heteroatoms. The van der Waals surface area contributed by atoms with Gasteiger partial charge in [0.05, 0.1) is 5.69 Å². The molecule has 0 bridgehead atoms. The van der Waals surface area contributed by atoms with Crippen molar-refractivity contribution in [2.45, 2.75) is 13.5 Å². The van der Waals surface area contributed by atoms with Crippen LogP contribution in [0.4, 0.5) is 0 Å². The van der Waals surface area contributed by atoms with Crippen LogP contribution in [0.1, 0.15) is 16.8 Å². The molecule has 0 N–H and O–H groups in total. The van der Waals surface area contributed by atoms with Gasteiger partial charge in [0.2, 0.25) is 0 Å². The smallest absolute Gasteiger partial charge is 0.330 e. The van der Waals surface area contributed by atoms with Crippen molar-refractivity contribution in [1.82, 2.24) is 4.98 Å². The lowest BCUT2D eigenvalue weighted by atomic mass is 10.2. The molecular formula is C24H23NO4. The van der Waals surface area contributed by atoms with E-state index in [2.05, 4.69) is 4.98 Å². The highest BCUT2D eigenvalue weighted by Gasteiger charge is 2.00. The van der Waals surface area contributed by atoms with Gasteiger partial charge in [-0.15, -0.1) is 0 Å². The van der Waals surface area contributed by atoms with E-state index in [1.165, 1.54) is 6.08 Å². The highest BCUT2D eigenvalue weighted by atomic mass is 16.6. The molecule has 29 heavy (non-hydrogen) atoms. The number of benzene rings is 2. The van der Waals surface area contributed by atoms with Crippen molar-refractivity contribution in [3.8, 4) is 11.5 Å². The number of ether oxygens (including phenoxy) is 3. The molecular weight excluding hydrogens is 366 g/mol. The average Bonchev–Trinajstić information content (AvgIpc) is 2.75. The SMILES string of the molecule is Cc1cccc(OCCOC(=O)/C=C/c2ccc(OCc3ccccn3)cc2)c1. The van der Waals surface area contributed by atoms with Gasteiger partial charge in [-0.1, -0.05) is 30.3 Å². The van der Waals surface area contributed by atoms with Crippen molar-refractivity contribution in [2.24, 2.45) is 0 Å². The van der Waals surface area contributed by atoms with Crippen LogP contribution in [0, 0.1) is 6.92 Å². The molecule has 0 atom stereocenters. The zero-order valence-electron chi connectivity index (χ0n) is 16.3. The molecule has 148 valence electrons. The lowest BCUT2D eigenvalue weighted by molar-refractivity contribution is -0.138.